The average Bonchev–Trinajstić information content (AvgIpc) is 2.78. The summed E-state index contributed by atoms with van der Waals surface area (Å²) in [5.41, 5.74) is 0.184. The van der Waals surface area contributed by atoms with Gasteiger partial charge in [-0.1, -0.05) is 110 Å². The molecular formula is C28H44O5-2. The van der Waals surface area contributed by atoms with Crippen molar-refractivity contribution in [2.75, 3.05) is 0 Å². The van der Waals surface area contributed by atoms with Crippen molar-refractivity contribution in [3.05, 3.63) is 28.3 Å². The summed E-state index contributed by atoms with van der Waals surface area (Å²) < 4.78 is 0. The van der Waals surface area contributed by atoms with Gasteiger partial charge in [0.15, 0.2) is 0 Å². The molecule has 0 radical (unpaired) electrons. The Hall–Kier alpha value is -2.04. The molecule has 0 bridgehead atoms. The Morgan fingerprint density at radius 3 is 1.48 bits per heavy atom. The molecule has 0 heterocycles. The van der Waals surface area contributed by atoms with Crippen molar-refractivity contribution in [3.63, 3.8) is 0 Å². The Balaban J connectivity index is 2.77. The maximum Gasteiger partial charge on any atom is 0.336 e. The number of benzene rings is 1. The summed E-state index contributed by atoms with van der Waals surface area (Å²) in [4.78, 5) is 23.7. The first-order chi connectivity index (χ1) is 15.9. The Kier molecular flexibility index (Phi) is 15.3. The highest BCUT2D eigenvalue weighted by Gasteiger charge is 2.20. The van der Waals surface area contributed by atoms with Crippen LogP contribution < -0.4 is 10.2 Å². The lowest BCUT2D eigenvalue weighted by Gasteiger charge is -2.23. The monoisotopic (exact) mass is 460 g/mol. The third-order valence-electron chi connectivity index (χ3n) is 6.50. The lowest BCUT2D eigenvalue weighted by atomic mass is 9.88. The molecule has 0 aliphatic carbocycles. The molecule has 5 heteroatoms. The van der Waals surface area contributed by atoms with Gasteiger partial charge >= 0.3 is 5.97 Å². The van der Waals surface area contributed by atoms with Gasteiger partial charge in [-0.05, 0) is 36.8 Å². The first-order valence-corrected chi connectivity index (χ1v) is 13.2. The highest BCUT2D eigenvalue weighted by atomic mass is 16.4. The Morgan fingerprint density at radius 1 is 0.697 bits per heavy atom. The number of aromatic carboxylic acids is 2. The molecule has 0 saturated carbocycles. The van der Waals surface area contributed by atoms with E-state index in [0.29, 0.717) is 19.3 Å². The quantitative estimate of drug-likeness (QED) is 0.234. The number of unbranched alkanes of at least 4 members (excludes halogenated alkanes) is 14. The van der Waals surface area contributed by atoms with E-state index in [-0.39, 0.29) is 22.3 Å². The Labute approximate surface area is 200 Å². The van der Waals surface area contributed by atoms with E-state index in [1.807, 2.05) is 0 Å². The van der Waals surface area contributed by atoms with Gasteiger partial charge in [-0.25, -0.2) is 4.79 Å². The number of hydrogen-bond donors (Lipinski definition) is 1. The fourth-order valence-corrected chi connectivity index (χ4v) is 4.56. The molecule has 188 valence electrons. The van der Waals surface area contributed by atoms with E-state index in [1.165, 1.54) is 51.4 Å². The van der Waals surface area contributed by atoms with Gasteiger partial charge in [0, 0.05) is 5.56 Å². The van der Waals surface area contributed by atoms with Crippen molar-refractivity contribution in [1.29, 1.82) is 0 Å². The fourth-order valence-electron chi connectivity index (χ4n) is 4.56. The molecule has 0 aliphatic rings. The van der Waals surface area contributed by atoms with Crippen molar-refractivity contribution >= 4 is 11.9 Å². The fraction of sp³-hybridized carbons (Fsp3) is 0.714. The maximum atomic E-state index is 12.6. The first-order valence-electron chi connectivity index (χ1n) is 13.2. The lowest BCUT2D eigenvalue weighted by molar-refractivity contribution is -0.270. The van der Waals surface area contributed by atoms with Gasteiger partial charge in [-0.3, -0.25) is 0 Å². The molecule has 1 rings (SSSR count). The summed E-state index contributed by atoms with van der Waals surface area (Å²) in [7, 11) is 0. The van der Waals surface area contributed by atoms with Gasteiger partial charge in [-0.15, -0.1) is 5.75 Å². The van der Waals surface area contributed by atoms with E-state index >= 15 is 0 Å². The van der Waals surface area contributed by atoms with Crippen molar-refractivity contribution in [3.8, 4) is 5.75 Å². The zero-order chi connectivity index (χ0) is 24.5. The predicted molar refractivity (Wildman–Crippen MR) is 130 cm³/mol. The summed E-state index contributed by atoms with van der Waals surface area (Å²) in [6, 6.07) is 1.09. The van der Waals surface area contributed by atoms with Gasteiger partial charge in [0.05, 0.1) is 11.5 Å². The number of carboxylic acid groups (broad SMARTS) is 2. The van der Waals surface area contributed by atoms with E-state index in [0.717, 1.165) is 51.0 Å². The molecule has 0 aliphatic heterocycles. The number of hydrogen-bond acceptors (Lipinski definition) is 4. The van der Waals surface area contributed by atoms with Gasteiger partial charge in [0.1, 0.15) is 0 Å². The van der Waals surface area contributed by atoms with Crippen LogP contribution in [0.2, 0.25) is 0 Å². The van der Waals surface area contributed by atoms with Crippen LogP contribution in [0.3, 0.4) is 0 Å². The van der Waals surface area contributed by atoms with Crippen LogP contribution in [0.25, 0.3) is 0 Å². The SMILES string of the molecule is CCCCCCCCCCc1c([O-])cc(C(=O)[O-])c(CCCCCCCCCC)c1C(=O)O. The summed E-state index contributed by atoms with van der Waals surface area (Å²) >= 11 is 0. The zero-order valence-corrected chi connectivity index (χ0v) is 20.9. The smallest absolute Gasteiger partial charge is 0.336 e. The van der Waals surface area contributed by atoms with Gasteiger partial charge in [0.25, 0.3) is 0 Å². The molecule has 1 aromatic rings. The maximum absolute atomic E-state index is 12.6. The molecule has 1 aromatic carbocycles. The molecule has 0 spiro atoms. The zero-order valence-electron chi connectivity index (χ0n) is 20.9. The molecule has 5 nitrogen and oxygen atoms in total. The second-order valence-electron chi connectivity index (χ2n) is 9.30. The van der Waals surface area contributed by atoms with Crippen molar-refractivity contribution in [1.82, 2.24) is 0 Å². The van der Waals surface area contributed by atoms with Crippen molar-refractivity contribution < 1.29 is 24.9 Å². The van der Waals surface area contributed by atoms with E-state index in [2.05, 4.69) is 13.8 Å². The normalized spacial score (nSPS) is 11.1. The molecule has 33 heavy (non-hydrogen) atoms. The van der Waals surface area contributed by atoms with Crippen LogP contribution in [0.1, 0.15) is 148 Å². The minimum absolute atomic E-state index is 0.0902. The number of carbonyl (C=O) groups is 2. The minimum Gasteiger partial charge on any atom is -0.872 e. The lowest BCUT2D eigenvalue weighted by Crippen LogP contribution is -2.26. The Bertz CT molecular complexity index is 711. The molecule has 0 amide bonds. The van der Waals surface area contributed by atoms with E-state index in [1.54, 1.807) is 0 Å². The van der Waals surface area contributed by atoms with Crippen LogP contribution in [0, 0.1) is 0 Å². The number of rotatable bonds is 20. The molecule has 0 saturated heterocycles. The molecule has 0 unspecified atom stereocenters. The minimum atomic E-state index is -1.47. The molecule has 0 atom stereocenters. The average molecular weight is 461 g/mol. The van der Waals surface area contributed by atoms with E-state index < -0.39 is 17.7 Å². The third kappa shape index (κ3) is 11.1. The van der Waals surface area contributed by atoms with Crippen molar-refractivity contribution in [2.45, 2.75) is 129 Å². The van der Waals surface area contributed by atoms with Gasteiger partial charge < -0.3 is 20.1 Å². The van der Waals surface area contributed by atoms with Gasteiger partial charge in [0.2, 0.25) is 0 Å². The highest BCUT2D eigenvalue weighted by molar-refractivity contribution is 5.98. The second-order valence-corrected chi connectivity index (χ2v) is 9.30. The largest absolute Gasteiger partial charge is 0.872 e. The first kappa shape index (κ1) is 29.0. The van der Waals surface area contributed by atoms with Crippen LogP contribution in [0.4, 0.5) is 0 Å². The summed E-state index contributed by atoms with van der Waals surface area (Å²) in [5, 5.41) is 34.1. The topological polar surface area (TPSA) is 100 Å². The second kappa shape index (κ2) is 17.4. The molecule has 0 fully saturated rings. The Morgan fingerprint density at radius 2 is 1.09 bits per heavy atom. The molecule has 1 N–H and O–H groups in total. The summed E-state index contributed by atoms with van der Waals surface area (Å²) in [5.74, 6) is -3.17. The van der Waals surface area contributed by atoms with Crippen molar-refractivity contribution in [2.24, 2.45) is 0 Å². The molecule has 0 aromatic heterocycles. The molecular weight excluding hydrogens is 416 g/mol. The highest BCUT2D eigenvalue weighted by Crippen LogP contribution is 2.30. The van der Waals surface area contributed by atoms with Crippen LogP contribution in [-0.4, -0.2) is 17.0 Å². The standard InChI is InChI=1S/C28H46O5/c1-3-5-7-9-11-13-15-17-19-22-24(27(30)31)21-25(29)23(26(22)28(32)33)20-18-16-14-12-10-8-6-4-2/h21,29H,3-20H2,1-2H3,(H,30,31)(H,32,33)/p-2. The van der Waals surface area contributed by atoms with Crippen LogP contribution in [0.5, 0.6) is 5.75 Å². The van der Waals surface area contributed by atoms with Crippen LogP contribution >= 0.6 is 0 Å². The van der Waals surface area contributed by atoms with Gasteiger partial charge in [-0.2, -0.15) is 0 Å². The number of carbonyl (C=O) groups excluding carboxylic acids is 1. The predicted octanol–water partition coefficient (Wildman–Crippen LogP) is 6.19. The van der Waals surface area contributed by atoms with E-state index in [4.69, 9.17) is 0 Å². The van der Waals surface area contributed by atoms with Crippen LogP contribution in [-0.2, 0) is 12.8 Å². The number of carboxylic acids is 2. The third-order valence-corrected chi connectivity index (χ3v) is 6.50. The van der Waals surface area contributed by atoms with E-state index in [9.17, 15) is 24.9 Å². The van der Waals surface area contributed by atoms with Crippen LogP contribution in [0.15, 0.2) is 6.07 Å². The summed E-state index contributed by atoms with van der Waals surface area (Å²) in [6.07, 6.45) is 18.3. The summed E-state index contributed by atoms with van der Waals surface area (Å²) in [6.45, 7) is 4.38.